The highest BCUT2D eigenvalue weighted by Gasteiger charge is 2.16. The molecule has 0 bridgehead atoms. The maximum absolute atomic E-state index is 5.92. The molecule has 0 saturated carbocycles. The van der Waals surface area contributed by atoms with Crippen LogP contribution < -0.4 is 5.73 Å². The molecular formula is C10H11N3. The maximum Gasteiger partial charge on any atom is 0.0928 e. The van der Waals surface area contributed by atoms with E-state index < -0.39 is 0 Å². The van der Waals surface area contributed by atoms with Crippen LogP contribution in [0, 0.1) is 0 Å². The number of nitrogens with zero attached hydrogens (tertiary/aromatic N) is 1. The molecule has 1 aliphatic rings. The van der Waals surface area contributed by atoms with Gasteiger partial charge in [0.15, 0.2) is 0 Å². The van der Waals surface area contributed by atoms with Crippen molar-refractivity contribution >= 4 is 16.6 Å². The summed E-state index contributed by atoms with van der Waals surface area (Å²) in [5.41, 5.74) is 10.4. The van der Waals surface area contributed by atoms with E-state index in [1.165, 1.54) is 23.1 Å². The minimum Gasteiger partial charge on any atom is -0.398 e. The number of H-pyrrole nitrogens is 1. The fourth-order valence-corrected chi connectivity index (χ4v) is 2.16. The van der Waals surface area contributed by atoms with Crippen LogP contribution in [-0.4, -0.2) is 10.2 Å². The van der Waals surface area contributed by atoms with Crippen molar-refractivity contribution in [2.45, 2.75) is 19.3 Å². The number of hydrogen-bond donors (Lipinski definition) is 2. The quantitative estimate of drug-likeness (QED) is 0.595. The summed E-state index contributed by atoms with van der Waals surface area (Å²) >= 11 is 0. The molecule has 0 aliphatic heterocycles. The number of aryl methyl sites for hydroxylation is 2. The van der Waals surface area contributed by atoms with Crippen molar-refractivity contribution in [3.05, 3.63) is 23.4 Å². The highest BCUT2D eigenvalue weighted by atomic mass is 15.1. The largest absolute Gasteiger partial charge is 0.398 e. The number of anilines is 1. The Labute approximate surface area is 75.9 Å². The lowest BCUT2D eigenvalue weighted by Crippen LogP contribution is -2.02. The molecule has 1 heterocycles. The Kier molecular flexibility index (Phi) is 1.20. The molecule has 2 aromatic rings. The zero-order valence-corrected chi connectivity index (χ0v) is 7.30. The van der Waals surface area contributed by atoms with E-state index >= 15 is 0 Å². The molecule has 3 heteroatoms. The van der Waals surface area contributed by atoms with E-state index in [-0.39, 0.29) is 0 Å². The number of aromatic amines is 1. The number of aromatic nitrogens is 2. The zero-order chi connectivity index (χ0) is 8.84. The molecule has 1 aromatic heterocycles. The van der Waals surface area contributed by atoms with Crippen molar-refractivity contribution in [3.63, 3.8) is 0 Å². The minimum atomic E-state index is 0.912. The number of nitrogen functional groups attached to an aromatic ring is 1. The molecule has 0 spiro atoms. The van der Waals surface area contributed by atoms with E-state index in [4.69, 9.17) is 5.73 Å². The first-order valence-corrected chi connectivity index (χ1v) is 4.60. The second-order valence-corrected chi connectivity index (χ2v) is 3.58. The molecule has 0 radical (unpaired) electrons. The van der Waals surface area contributed by atoms with Gasteiger partial charge in [0, 0.05) is 16.8 Å². The summed E-state index contributed by atoms with van der Waals surface area (Å²) < 4.78 is 0. The van der Waals surface area contributed by atoms with E-state index in [0.717, 1.165) is 24.0 Å². The van der Waals surface area contributed by atoms with Crippen molar-refractivity contribution in [3.8, 4) is 0 Å². The van der Waals surface area contributed by atoms with Gasteiger partial charge in [-0.2, -0.15) is 5.10 Å². The molecule has 0 fully saturated rings. The SMILES string of the molecule is Nc1ccc2n[nH]c3c2c1CCC3. The fraction of sp³-hybridized carbons (Fsp3) is 0.300. The van der Waals surface area contributed by atoms with E-state index in [1.807, 2.05) is 12.1 Å². The lowest BCUT2D eigenvalue weighted by molar-refractivity contribution is 0.783. The van der Waals surface area contributed by atoms with Gasteiger partial charge in [-0.3, -0.25) is 5.10 Å². The Bertz CT molecular complexity index is 470. The van der Waals surface area contributed by atoms with Crippen LogP contribution in [0.3, 0.4) is 0 Å². The Morgan fingerprint density at radius 2 is 2.23 bits per heavy atom. The maximum atomic E-state index is 5.92. The number of rotatable bonds is 0. The van der Waals surface area contributed by atoms with Crippen LogP contribution in [0.4, 0.5) is 5.69 Å². The van der Waals surface area contributed by atoms with Crippen molar-refractivity contribution < 1.29 is 0 Å². The predicted octanol–water partition coefficient (Wildman–Crippen LogP) is 1.63. The first kappa shape index (κ1) is 6.95. The summed E-state index contributed by atoms with van der Waals surface area (Å²) in [6, 6.07) is 3.94. The summed E-state index contributed by atoms with van der Waals surface area (Å²) in [4.78, 5) is 0. The van der Waals surface area contributed by atoms with Gasteiger partial charge in [-0.1, -0.05) is 0 Å². The summed E-state index contributed by atoms with van der Waals surface area (Å²) in [5, 5.41) is 8.60. The lowest BCUT2D eigenvalue weighted by Gasteiger charge is -2.12. The van der Waals surface area contributed by atoms with Crippen LogP contribution in [0.5, 0.6) is 0 Å². The highest BCUT2D eigenvalue weighted by Crippen LogP contribution is 2.31. The fourth-order valence-electron chi connectivity index (χ4n) is 2.16. The standard InChI is InChI=1S/C10H11N3/c11-7-4-5-9-10-6(7)2-1-3-8(10)12-13-9/h4-5H,1-3,11H2,(H,12,13). The molecule has 0 amide bonds. The van der Waals surface area contributed by atoms with Crippen LogP contribution >= 0.6 is 0 Å². The van der Waals surface area contributed by atoms with Gasteiger partial charge in [-0.05, 0) is 37.0 Å². The minimum absolute atomic E-state index is 0.912. The Hall–Kier alpha value is -1.51. The molecule has 0 atom stereocenters. The Morgan fingerprint density at radius 3 is 3.15 bits per heavy atom. The molecule has 0 saturated heterocycles. The van der Waals surface area contributed by atoms with Crippen LogP contribution in [0.15, 0.2) is 12.1 Å². The summed E-state index contributed by atoms with van der Waals surface area (Å²) in [7, 11) is 0. The van der Waals surface area contributed by atoms with E-state index in [0.29, 0.717) is 0 Å². The molecule has 13 heavy (non-hydrogen) atoms. The average molecular weight is 173 g/mol. The molecule has 1 aliphatic carbocycles. The zero-order valence-electron chi connectivity index (χ0n) is 7.30. The first-order chi connectivity index (χ1) is 6.36. The smallest absolute Gasteiger partial charge is 0.0928 e. The predicted molar refractivity (Wildman–Crippen MR) is 52.5 cm³/mol. The number of hydrogen-bond acceptors (Lipinski definition) is 2. The third kappa shape index (κ3) is 0.813. The van der Waals surface area contributed by atoms with Gasteiger partial charge in [0.05, 0.1) is 5.52 Å². The lowest BCUT2D eigenvalue weighted by atomic mass is 9.93. The number of nitrogens with two attached hydrogens (primary N) is 1. The molecule has 1 aromatic carbocycles. The van der Waals surface area contributed by atoms with Gasteiger partial charge in [0.1, 0.15) is 0 Å². The number of nitrogens with one attached hydrogen (secondary N) is 1. The van der Waals surface area contributed by atoms with Gasteiger partial charge in [-0.15, -0.1) is 0 Å². The Balaban J connectivity index is 2.50. The molecule has 3 N–H and O–H groups in total. The Morgan fingerprint density at radius 1 is 1.31 bits per heavy atom. The summed E-state index contributed by atoms with van der Waals surface area (Å²) in [6.45, 7) is 0. The molecule has 3 rings (SSSR count). The molecule has 66 valence electrons. The van der Waals surface area contributed by atoms with Crippen molar-refractivity contribution in [2.24, 2.45) is 0 Å². The molecular weight excluding hydrogens is 162 g/mol. The molecule has 3 nitrogen and oxygen atoms in total. The van der Waals surface area contributed by atoms with Gasteiger partial charge in [0.25, 0.3) is 0 Å². The summed E-state index contributed by atoms with van der Waals surface area (Å²) in [5.74, 6) is 0. The van der Waals surface area contributed by atoms with Gasteiger partial charge < -0.3 is 5.73 Å². The van der Waals surface area contributed by atoms with Crippen molar-refractivity contribution in [1.29, 1.82) is 0 Å². The normalized spacial score (nSPS) is 15.1. The van der Waals surface area contributed by atoms with Crippen LogP contribution in [0.2, 0.25) is 0 Å². The van der Waals surface area contributed by atoms with Crippen LogP contribution in [0.1, 0.15) is 17.7 Å². The average Bonchev–Trinajstić information content (AvgIpc) is 2.57. The van der Waals surface area contributed by atoms with Gasteiger partial charge >= 0.3 is 0 Å². The van der Waals surface area contributed by atoms with Gasteiger partial charge in [-0.25, -0.2) is 0 Å². The van der Waals surface area contributed by atoms with Crippen LogP contribution in [0.25, 0.3) is 10.9 Å². The molecule has 0 unspecified atom stereocenters. The van der Waals surface area contributed by atoms with Gasteiger partial charge in [0.2, 0.25) is 0 Å². The van der Waals surface area contributed by atoms with E-state index in [1.54, 1.807) is 0 Å². The monoisotopic (exact) mass is 173 g/mol. The number of benzene rings is 1. The van der Waals surface area contributed by atoms with Crippen molar-refractivity contribution in [1.82, 2.24) is 10.2 Å². The summed E-state index contributed by atoms with van der Waals surface area (Å²) in [6.07, 6.45) is 3.38. The second kappa shape index (κ2) is 2.25. The van der Waals surface area contributed by atoms with Crippen molar-refractivity contribution in [2.75, 3.05) is 5.73 Å². The third-order valence-electron chi connectivity index (χ3n) is 2.79. The highest BCUT2D eigenvalue weighted by molar-refractivity contribution is 5.89. The second-order valence-electron chi connectivity index (χ2n) is 3.58. The first-order valence-electron chi connectivity index (χ1n) is 4.60. The van der Waals surface area contributed by atoms with E-state index in [9.17, 15) is 0 Å². The van der Waals surface area contributed by atoms with E-state index in [2.05, 4.69) is 10.2 Å². The topological polar surface area (TPSA) is 54.7 Å². The third-order valence-corrected chi connectivity index (χ3v) is 2.79. The van der Waals surface area contributed by atoms with Crippen LogP contribution in [-0.2, 0) is 12.8 Å².